The summed E-state index contributed by atoms with van der Waals surface area (Å²) in [6.07, 6.45) is 0.508. The smallest absolute Gasteiger partial charge is 0.124 e. The normalized spacial score (nSPS) is 16.6. The Bertz CT molecular complexity index is 646. The van der Waals surface area contributed by atoms with Crippen molar-refractivity contribution in [3.63, 3.8) is 0 Å². The molecule has 1 aliphatic rings. The van der Waals surface area contributed by atoms with Crippen LogP contribution < -0.4 is 10.1 Å². The number of rotatable bonds is 6. The standard InChI is InChI=1S/C19H25FN2O.ClH/c1-2-23-18-8-7-15-5-3-4-6-16(15)19(18)17(9-10-20)22-13-11-21-12-14-22;/h3-8,17,21H,2,9-14H2,1H3;1H/t17-;/m0./s1. The Labute approximate surface area is 149 Å². The van der Waals surface area contributed by atoms with Crippen molar-refractivity contribution in [3.05, 3.63) is 42.0 Å². The lowest BCUT2D eigenvalue weighted by molar-refractivity contribution is 0.155. The van der Waals surface area contributed by atoms with Crippen LogP contribution in [0.25, 0.3) is 10.8 Å². The predicted octanol–water partition coefficient (Wildman–Crippen LogP) is 3.97. The van der Waals surface area contributed by atoms with Crippen LogP contribution in [0.2, 0.25) is 0 Å². The van der Waals surface area contributed by atoms with E-state index in [-0.39, 0.29) is 25.1 Å². The third-order valence-corrected chi connectivity index (χ3v) is 4.54. The summed E-state index contributed by atoms with van der Waals surface area (Å²) >= 11 is 0. The molecule has 2 aromatic rings. The molecule has 0 aliphatic carbocycles. The molecular weight excluding hydrogens is 327 g/mol. The first-order chi connectivity index (χ1) is 11.3. The molecule has 1 N–H and O–H groups in total. The number of hydrogen-bond acceptors (Lipinski definition) is 3. The zero-order valence-corrected chi connectivity index (χ0v) is 14.9. The van der Waals surface area contributed by atoms with E-state index in [0.29, 0.717) is 13.0 Å². The van der Waals surface area contributed by atoms with E-state index < -0.39 is 0 Å². The Morgan fingerprint density at radius 2 is 1.92 bits per heavy atom. The average molecular weight is 353 g/mol. The molecule has 2 aromatic carbocycles. The van der Waals surface area contributed by atoms with Crippen LogP contribution >= 0.6 is 12.4 Å². The Morgan fingerprint density at radius 3 is 2.62 bits per heavy atom. The maximum absolute atomic E-state index is 13.3. The van der Waals surface area contributed by atoms with Crippen molar-refractivity contribution in [1.29, 1.82) is 0 Å². The molecule has 3 nitrogen and oxygen atoms in total. The third-order valence-electron chi connectivity index (χ3n) is 4.54. The lowest BCUT2D eigenvalue weighted by Crippen LogP contribution is -2.45. The number of nitrogens with one attached hydrogen (secondary N) is 1. The molecule has 1 fully saturated rings. The molecule has 3 rings (SSSR count). The van der Waals surface area contributed by atoms with E-state index in [2.05, 4.69) is 28.4 Å². The van der Waals surface area contributed by atoms with Gasteiger partial charge in [0.25, 0.3) is 0 Å². The number of halogens is 2. The topological polar surface area (TPSA) is 24.5 Å². The Morgan fingerprint density at radius 1 is 1.17 bits per heavy atom. The van der Waals surface area contributed by atoms with Gasteiger partial charge in [0.15, 0.2) is 0 Å². The monoisotopic (exact) mass is 352 g/mol. The van der Waals surface area contributed by atoms with E-state index in [4.69, 9.17) is 4.74 Å². The highest BCUT2D eigenvalue weighted by atomic mass is 35.5. The predicted molar refractivity (Wildman–Crippen MR) is 100 cm³/mol. The summed E-state index contributed by atoms with van der Waals surface area (Å²) in [5, 5.41) is 5.73. The quantitative estimate of drug-likeness (QED) is 0.851. The Balaban J connectivity index is 0.00000208. The molecule has 1 aliphatic heterocycles. The van der Waals surface area contributed by atoms with Crippen molar-refractivity contribution in [1.82, 2.24) is 10.2 Å². The number of benzene rings is 2. The SMILES string of the molecule is CCOc1ccc2ccccc2c1[C@H](CCF)N1CCNCC1.Cl. The summed E-state index contributed by atoms with van der Waals surface area (Å²) in [5.41, 5.74) is 1.14. The summed E-state index contributed by atoms with van der Waals surface area (Å²) in [6, 6.07) is 12.5. The maximum atomic E-state index is 13.3. The van der Waals surface area contributed by atoms with E-state index in [9.17, 15) is 4.39 Å². The molecule has 24 heavy (non-hydrogen) atoms. The first kappa shape index (κ1) is 19.0. The van der Waals surface area contributed by atoms with Gasteiger partial charge in [-0.25, -0.2) is 0 Å². The summed E-state index contributed by atoms with van der Waals surface area (Å²) in [7, 11) is 0. The van der Waals surface area contributed by atoms with E-state index in [1.165, 1.54) is 10.8 Å². The van der Waals surface area contributed by atoms with Crippen molar-refractivity contribution in [2.45, 2.75) is 19.4 Å². The van der Waals surface area contributed by atoms with Gasteiger partial charge in [0.2, 0.25) is 0 Å². The van der Waals surface area contributed by atoms with Gasteiger partial charge in [-0.15, -0.1) is 12.4 Å². The van der Waals surface area contributed by atoms with Gasteiger partial charge in [-0.05, 0) is 30.2 Å². The molecule has 1 heterocycles. The fourth-order valence-corrected chi connectivity index (χ4v) is 3.51. The molecule has 0 aromatic heterocycles. The van der Waals surface area contributed by atoms with Gasteiger partial charge in [-0.1, -0.05) is 30.3 Å². The highest BCUT2D eigenvalue weighted by Gasteiger charge is 2.26. The van der Waals surface area contributed by atoms with E-state index >= 15 is 0 Å². The van der Waals surface area contributed by atoms with Gasteiger partial charge < -0.3 is 10.1 Å². The number of ether oxygens (including phenoxy) is 1. The lowest BCUT2D eigenvalue weighted by Gasteiger charge is -2.36. The number of hydrogen-bond donors (Lipinski definition) is 1. The van der Waals surface area contributed by atoms with Crippen molar-refractivity contribution in [2.24, 2.45) is 0 Å². The van der Waals surface area contributed by atoms with E-state index in [1.54, 1.807) is 0 Å². The molecule has 0 unspecified atom stereocenters. The van der Waals surface area contributed by atoms with Gasteiger partial charge >= 0.3 is 0 Å². The largest absolute Gasteiger partial charge is 0.494 e. The molecule has 1 saturated heterocycles. The van der Waals surface area contributed by atoms with Crippen LogP contribution in [0.15, 0.2) is 36.4 Å². The highest BCUT2D eigenvalue weighted by molar-refractivity contribution is 5.88. The van der Waals surface area contributed by atoms with Gasteiger partial charge in [0.05, 0.1) is 13.3 Å². The minimum Gasteiger partial charge on any atom is -0.494 e. The highest BCUT2D eigenvalue weighted by Crippen LogP contribution is 2.38. The summed E-state index contributed by atoms with van der Waals surface area (Å²) in [4.78, 5) is 2.39. The molecule has 5 heteroatoms. The van der Waals surface area contributed by atoms with E-state index in [0.717, 1.165) is 37.5 Å². The zero-order valence-electron chi connectivity index (χ0n) is 14.1. The average Bonchev–Trinajstić information content (AvgIpc) is 2.61. The van der Waals surface area contributed by atoms with Crippen molar-refractivity contribution < 1.29 is 9.13 Å². The minimum atomic E-state index is -0.316. The second-order valence-corrected chi connectivity index (χ2v) is 5.91. The number of nitrogens with zero attached hydrogens (tertiary/aromatic N) is 1. The van der Waals surface area contributed by atoms with Crippen LogP contribution in [0.1, 0.15) is 24.9 Å². The summed E-state index contributed by atoms with van der Waals surface area (Å²) < 4.78 is 19.2. The van der Waals surface area contributed by atoms with Gasteiger partial charge in [0.1, 0.15) is 5.75 Å². The Hall–Kier alpha value is -1.36. The van der Waals surface area contributed by atoms with Crippen LogP contribution in [0.5, 0.6) is 5.75 Å². The van der Waals surface area contributed by atoms with Crippen molar-refractivity contribution in [3.8, 4) is 5.75 Å². The first-order valence-electron chi connectivity index (χ1n) is 8.50. The summed E-state index contributed by atoms with van der Waals surface area (Å²) in [5.74, 6) is 0.892. The molecule has 0 bridgehead atoms. The van der Waals surface area contributed by atoms with Crippen LogP contribution in [0.3, 0.4) is 0 Å². The number of alkyl halides is 1. The fraction of sp³-hybridized carbons (Fsp3) is 0.474. The molecule has 0 amide bonds. The third kappa shape index (κ3) is 4.00. The Kier molecular flexibility index (Phi) is 7.28. The summed E-state index contributed by atoms with van der Waals surface area (Å²) in [6.45, 7) is 6.10. The van der Waals surface area contributed by atoms with Crippen LogP contribution in [-0.4, -0.2) is 44.4 Å². The van der Waals surface area contributed by atoms with Crippen LogP contribution in [0.4, 0.5) is 4.39 Å². The first-order valence-corrected chi connectivity index (χ1v) is 8.50. The zero-order chi connectivity index (χ0) is 16.1. The molecule has 0 saturated carbocycles. The van der Waals surface area contributed by atoms with Crippen molar-refractivity contribution in [2.75, 3.05) is 39.5 Å². The second kappa shape index (κ2) is 9.21. The number of piperazine rings is 1. The minimum absolute atomic E-state index is 0. The lowest BCUT2D eigenvalue weighted by atomic mass is 9.94. The van der Waals surface area contributed by atoms with Crippen LogP contribution in [0, 0.1) is 0 Å². The fourth-order valence-electron chi connectivity index (χ4n) is 3.51. The van der Waals surface area contributed by atoms with Crippen LogP contribution in [-0.2, 0) is 0 Å². The molecule has 0 radical (unpaired) electrons. The van der Waals surface area contributed by atoms with Gasteiger partial charge in [-0.3, -0.25) is 9.29 Å². The molecule has 132 valence electrons. The van der Waals surface area contributed by atoms with Crippen molar-refractivity contribution >= 4 is 23.2 Å². The molecule has 0 spiro atoms. The maximum Gasteiger partial charge on any atom is 0.124 e. The molecule has 1 atom stereocenters. The van der Waals surface area contributed by atoms with Gasteiger partial charge in [-0.2, -0.15) is 0 Å². The van der Waals surface area contributed by atoms with E-state index in [1.807, 2.05) is 25.1 Å². The number of fused-ring (bicyclic) bond motifs is 1. The van der Waals surface area contributed by atoms with Gasteiger partial charge in [0, 0.05) is 37.8 Å². The second-order valence-electron chi connectivity index (χ2n) is 5.91. The molecular formula is C19H26ClFN2O.